The SMILES string of the molecule is CCOC(=O)C1=C(c2ccc(F)c(C(F)F)c2OC)[C@@H](C)C(C)(C(F)(F)F)O1. The quantitative estimate of drug-likeness (QED) is 0.503. The molecule has 0 N–H and O–H groups in total. The van der Waals surface area contributed by atoms with Crippen LogP contribution >= 0.6 is 0 Å². The molecule has 2 atom stereocenters. The first-order valence-corrected chi connectivity index (χ1v) is 8.22. The van der Waals surface area contributed by atoms with Crippen LogP contribution in [0, 0.1) is 11.7 Å². The van der Waals surface area contributed by atoms with Crippen molar-refractivity contribution in [3.05, 3.63) is 34.8 Å². The van der Waals surface area contributed by atoms with E-state index >= 15 is 0 Å². The van der Waals surface area contributed by atoms with Gasteiger partial charge in [-0.25, -0.2) is 18.0 Å². The number of ether oxygens (including phenoxy) is 3. The normalized spacial score (nSPS) is 22.5. The van der Waals surface area contributed by atoms with E-state index in [0.717, 1.165) is 27.0 Å². The average Bonchev–Trinajstić information content (AvgIpc) is 2.87. The lowest BCUT2D eigenvalue weighted by Gasteiger charge is -2.32. The van der Waals surface area contributed by atoms with Gasteiger partial charge in [0.1, 0.15) is 11.6 Å². The molecule has 0 saturated heterocycles. The summed E-state index contributed by atoms with van der Waals surface area (Å²) in [6.07, 6.45) is -8.20. The minimum atomic E-state index is -4.90. The van der Waals surface area contributed by atoms with E-state index in [9.17, 15) is 31.1 Å². The van der Waals surface area contributed by atoms with E-state index in [-0.39, 0.29) is 17.7 Å². The van der Waals surface area contributed by atoms with Gasteiger partial charge >= 0.3 is 12.1 Å². The molecule has 1 aromatic carbocycles. The van der Waals surface area contributed by atoms with Crippen molar-refractivity contribution in [2.75, 3.05) is 13.7 Å². The van der Waals surface area contributed by atoms with Crippen LogP contribution in [0.3, 0.4) is 0 Å². The summed E-state index contributed by atoms with van der Waals surface area (Å²) >= 11 is 0. The average molecular weight is 412 g/mol. The number of hydrogen-bond acceptors (Lipinski definition) is 4. The van der Waals surface area contributed by atoms with Crippen LogP contribution in [0.4, 0.5) is 26.3 Å². The number of carbonyl (C=O) groups is 1. The molecule has 1 heterocycles. The van der Waals surface area contributed by atoms with E-state index in [1.165, 1.54) is 6.92 Å². The van der Waals surface area contributed by atoms with Crippen LogP contribution in [0.5, 0.6) is 5.75 Å². The Balaban J connectivity index is 2.79. The van der Waals surface area contributed by atoms with Gasteiger partial charge in [0.25, 0.3) is 6.43 Å². The highest BCUT2D eigenvalue weighted by Crippen LogP contribution is 2.54. The first-order valence-electron chi connectivity index (χ1n) is 8.22. The summed E-state index contributed by atoms with van der Waals surface area (Å²) in [5.74, 6) is -5.44. The Labute approximate surface area is 157 Å². The zero-order chi connectivity index (χ0) is 21.4. The number of alkyl halides is 5. The molecular weight excluding hydrogens is 394 g/mol. The molecule has 1 aliphatic rings. The number of halogens is 6. The number of esters is 1. The van der Waals surface area contributed by atoms with Crippen molar-refractivity contribution in [1.29, 1.82) is 0 Å². The monoisotopic (exact) mass is 412 g/mol. The summed E-state index contributed by atoms with van der Waals surface area (Å²) in [6.45, 7) is 3.14. The van der Waals surface area contributed by atoms with E-state index in [0.29, 0.717) is 6.07 Å². The number of hydrogen-bond donors (Lipinski definition) is 0. The van der Waals surface area contributed by atoms with Gasteiger partial charge in [-0.1, -0.05) is 6.92 Å². The second-order valence-electron chi connectivity index (χ2n) is 6.23. The van der Waals surface area contributed by atoms with Crippen molar-refractivity contribution in [1.82, 2.24) is 0 Å². The molecule has 0 saturated carbocycles. The zero-order valence-electron chi connectivity index (χ0n) is 15.4. The number of carbonyl (C=O) groups excluding carboxylic acids is 1. The van der Waals surface area contributed by atoms with Crippen molar-refractivity contribution in [3.8, 4) is 5.75 Å². The van der Waals surface area contributed by atoms with Crippen LogP contribution in [0.1, 0.15) is 38.3 Å². The fourth-order valence-corrected chi connectivity index (χ4v) is 3.05. The molecule has 0 radical (unpaired) electrons. The van der Waals surface area contributed by atoms with Crippen molar-refractivity contribution in [3.63, 3.8) is 0 Å². The molecule has 0 aliphatic carbocycles. The number of rotatable bonds is 5. The molecule has 2 rings (SSSR count). The number of methoxy groups -OCH3 is 1. The Morgan fingerprint density at radius 1 is 1.32 bits per heavy atom. The van der Waals surface area contributed by atoms with E-state index in [1.54, 1.807) is 0 Å². The molecule has 156 valence electrons. The topological polar surface area (TPSA) is 44.8 Å². The summed E-state index contributed by atoms with van der Waals surface area (Å²) in [4.78, 5) is 12.2. The Bertz CT molecular complexity index is 802. The van der Waals surface area contributed by atoms with E-state index in [2.05, 4.69) is 0 Å². The maximum Gasteiger partial charge on any atom is 0.428 e. The maximum absolute atomic E-state index is 13.9. The van der Waals surface area contributed by atoms with Crippen LogP contribution in [-0.4, -0.2) is 31.5 Å². The van der Waals surface area contributed by atoms with Crippen molar-refractivity contribution in [2.45, 2.75) is 39.0 Å². The Morgan fingerprint density at radius 3 is 2.39 bits per heavy atom. The predicted octanol–water partition coefficient (Wildman–Crippen LogP) is 5.03. The van der Waals surface area contributed by atoms with Crippen LogP contribution < -0.4 is 4.74 Å². The highest BCUT2D eigenvalue weighted by Gasteiger charge is 2.63. The van der Waals surface area contributed by atoms with Crippen molar-refractivity contribution < 1.29 is 45.3 Å². The van der Waals surface area contributed by atoms with Crippen LogP contribution in [0.25, 0.3) is 5.57 Å². The Hall–Kier alpha value is -2.39. The predicted molar refractivity (Wildman–Crippen MR) is 86.2 cm³/mol. The molecule has 0 fully saturated rings. The standard InChI is InChI=1S/C18H18F6O4/c1-5-27-16(25)14-11(8(2)17(3,28-14)18(22,23)24)9-6-7-10(19)12(15(20)21)13(9)26-4/h6-8,15H,5H2,1-4H3/t8-,17?/m1/s1. The summed E-state index contributed by atoms with van der Waals surface area (Å²) in [5, 5.41) is 0. The van der Waals surface area contributed by atoms with Gasteiger partial charge in [-0.05, 0) is 26.0 Å². The lowest BCUT2D eigenvalue weighted by atomic mass is 9.82. The second kappa shape index (κ2) is 7.56. The third-order valence-corrected chi connectivity index (χ3v) is 4.70. The van der Waals surface area contributed by atoms with Gasteiger partial charge in [-0.2, -0.15) is 13.2 Å². The molecule has 4 nitrogen and oxygen atoms in total. The lowest BCUT2D eigenvalue weighted by Crippen LogP contribution is -2.47. The largest absolute Gasteiger partial charge is 0.495 e. The van der Waals surface area contributed by atoms with E-state index in [4.69, 9.17) is 14.2 Å². The molecule has 0 spiro atoms. The zero-order valence-corrected chi connectivity index (χ0v) is 15.4. The van der Waals surface area contributed by atoms with Crippen LogP contribution in [-0.2, 0) is 14.3 Å². The van der Waals surface area contributed by atoms with Gasteiger partial charge in [0, 0.05) is 17.1 Å². The van der Waals surface area contributed by atoms with Gasteiger partial charge in [-0.3, -0.25) is 0 Å². The van der Waals surface area contributed by atoms with Crippen LogP contribution in [0.15, 0.2) is 17.9 Å². The van der Waals surface area contributed by atoms with Gasteiger partial charge < -0.3 is 14.2 Å². The van der Waals surface area contributed by atoms with Gasteiger partial charge in [0.05, 0.1) is 19.3 Å². The highest BCUT2D eigenvalue weighted by molar-refractivity contribution is 5.98. The minimum Gasteiger partial charge on any atom is -0.495 e. The van der Waals surface area contributed by atoms with Crippen LogP contribution in [0.2, 0.25) is 0 Å². The molecular formula is C18H18F6O4. The van der Waals surface area contributed by atoms with Gasteiger partial charge in [-0.15, -0.1) is 0 Å². The summed E-state index contributed by atoms with van der Waals surface area (Å²) in [6, 6.07) is 1.64. The maximum atomic E-state index is 13.9. The first kappa shape index (κ1) is 21.9. The first-order chi connectivity index (χ1) is 12.9. The van der Waals surface area contributed by atoms with E-state index < -0.39 is 53.0 Å². The molecule has 10 heteroatoms. The van der Waals surface area contributed by atoms with Gasteiger partial charge in [0.15, 0.2) is 0 Å². The minimum absolute atomic E-state index is 0.154. The highest BCUT2D eigenvalue weighted by atomic mass is 19.4. The Morgan fingerprint density at radius 2 is 1.93 bits per heavy atom. The summed E-state index contributed by atoms with van der Waals surface area (Å²) in [5.41, 5.74) is -4.60. The van der Waals surface area contributed by atoms with E-state index in [1.807, 2.05) is 0 Å². The fraction of sp³-hybridized carbons (Fsp3) is 0.500. The fourth-order valence-electron chi connectivity index (χ4n) is 3.05. The molecule has 1 aliphatic heterocycles. The second-order valence-corrected chi connectivity index (χ2v) is 6.23. The molecule has 1 aromatic rings. The number of benzene rings is 1. The molecule has 1 unspecified atom stereocenters. The molecule has 28 heavy (non-hydrogen) atoms. The molecule has 0 amide bonds. The summed E-state index contributed by atoms with van der Waals surface area (Å²) in [7, 11) is 0.970. The lowest BCUT2D eigenvalue weighted by molar-refractivity contribution is -0.262. The van der Waals surface area contributed by atoms with Crippen molar-refractivity contribution >= 4 is 11.5 Å². The molecule has 0 aromatic heterocycles. The smallest absolute Gasteiger partial charge is 0.428 e. The van der Waals surface area contributed by atoms with Gasteiger partial charge in [0.2, 0.25) is 11.4 Å². The Kier molecular flexibility index (Phi) is 5.91. The molecule has 0 bridgehead atoms. The van der Waals surface area contributed by atoms with Crippen molar-refractivity contribution in [2.24, 2.45) is 5.92 Å². The third kappa shape index (κ3) is 3.40. The third-order valence-electron chi connectivity index (χ3n) is 4.70. The summed E-state index contributed by atoms with van der Waals surface area (Å²) < 4.78 is 96.1.